The first kappa shape index (κ1) is 13.2. The molecule has 0 saturated carbocycles. The summed E-state index contributed by atoms with van der Waals surface area (Å²) in [7, 11) is 0. The van der Waals surface area contributed by atoms with E-state index in [1.54, 1.807) is 24.3 Å². The number of nitrogens with zero attached hydrogens (tertiary/aromatic N) is 3. The fourth-order valence-corrected chi connectivity index (χ4v) is 2.46. The topological polar surface area (TPSA) is 78.9 Å². The summed E-state index contributed by atoms with van der Waals surface area (Å²) in [5, 5.41) is 18.3. The van der Waals surface area contributed by atoms with Crippen LogP contribution < -0.4 is 0 Å². The SMILES string of the molecule is C=CCn1c(SCC(=O)O)nc2ccc(C#N)cc21. The van der Waals surface area contributed by atoms with Gasteiger partial charge in [0.25, 0.3) is 0 Å². The Kier molecular flexibility index (Phi) is 3.88. The highest BCUT2D eigenvalue weighted by atomic mass is 32.2. The molecule has 1 aromatic carbocycles. The van der Waals surface area contributed by atoms with Crippen molar-refractivity contribution in [3.63, 3.8) is 0 Å². The van der Waals surface area contributed by atoms with E-state index in [1.165, 1.54) is 0 Å². The predicted octanol–water partition coefficient (Wildman–Crippen LogP) is 2.27. The van der Waals surface area contributed by atoms with Gasteiger partial charge in [-0.15, -0.1) is 6.58 Å². The normalized spacial score (nSPS) is 10.3. The summed E-state index contributed by atoms with van der Waals surface area (Å²) >= 11 is 1.16. The van der Waals surface area contributed by atoms with Crippen molar-refractivity contribution in [2.75, 3.05) is 5.75 Å². The zero-order valence-electron chi connectivity index (χ0n) is 10.0. The number of rotatable bonds is 5. The quantitative estimate of drug-likeness (QED) is 0.667. The highest BCUT2D eigenvalue weighted by Gasteiger charge is 2.12. The number of carboxylic acid groups (broad SMARTS) is 1. The molecule has 2 rings (SSSR count). The Balaban J connectivity index is 2.50. The zero-order chi connectivity index (χ0) is 13.8. The monoisotopic (exact) mass is 273 g/mol. The Bertz CT molecular complexity index is 685. The lowest BCUT2D eigenvalue weighted by atomic mass is 10.2. The number of imidazole rings is 1. The van der Waals surface area contributed by atoms with E-state index in [1.807, 2.05) is 4.57 Å². The van der Waals surface area contributed by atoms with Gasteiger partial charge >= 0.3 is 5.97 Å². The smallest absolute Gasteiger partial charge is 0.313 e. The van der Waals surface area contributed by atoms with Gasteiger partial charge in [-0.1, -0.05) is 17.8 Å². The number of hydrogen-bond acceptors (Lipinski definition) is 4. The van der Waals surface area contributed by atoms with Gasteiger partial charge in [0.2, 0.25) is 0 Å². The highest BCUT2D eigenvalue weighted by Crippen LogP contribution is 2.24. The van der Waals surface area contributed by atoms with Gasteiger partial charge in [-0.25, -0.2) is 4.98 Å². The summed E-state index contributed by atoms with van der Waals surface area (Å²) in [6, 6.07) is 7.28. The minimum atomic E-state index is -0.889. The minimum Gasteiger partial charge on any atom is -0.481 e. The lowest BCUT2D eigenvalue weighted by molar-refractivity contribution is -0.133. The molecule has 19 heavy (non-hydrogen) atoms. The number of thioether (sulfide) groups is 1. The van der Waals surface area contributed by atoms with Crippen molar-refractivity contribution in [2.45, 2.75) is 11.7 Å². The molecule has 0 fully saturated rings. The molecule has 0 radical (unpaired) electrons. The second-order valence-corrected chi connectivity index (χ2v) is 4.73. The van der Waals surface area contributed by atoms with Crippen molar-refractivity contribution in [1.29, 1.82) is 5.26 Å². The van der Waals surface area contributed by atoms with E-state index in [4.69, 9.17) is 10.4 Å². The highest BCUT2D eigenvalue weighted by molar-refractivity contribution is 7.99. The number of aromatic nitrogens is 2. The lowest BCUT2D eigenvalue weighted by Gasteiger charge is -2.04. The molecule has 0 saturated heterocycles. The molecule has 0 aliphatic heterocycles. The molecule has 0 aliphatic rings. The van der Waals surface area contributed by atoms with Crippen LogP contribution in [-0.4, -0.2) is 26.4 Å². The van der Waals surface area contributed by atoms with Crippen molar-refractivity contribution in [3.8, 4) is 6.07 Å². The van der Waals surface area contributed by atoms with Crippen LogP contribution in [0.3, 0.4) is 0 Å². The summed E-state index contributed by atoms with van der Waals surface area (Å²) < 4.78 is 1.86. The van der Waals surface area contributed by atoms with Gasteiger partial charge in [0, 0.05) is 6.54 Å². The first-order chi connectivity index (χ1) is 9.15. The zero-order valence-corrected chi connectivity index (χ0v) is 10.9. The first-order valence-electron chi connectivity index (χ1n) is 5.51. The molecule has 5 nitrogen and oxygen atoms in total. The van der Waals surface area contributed by atoms with E-state index in [0.717, 1.165) is 22.8 Å². The molecule has 96 valence electrons. The molecule has 1 N–H and O–H groups in total. The molecule has 1 heterocycles. The van der Waals surface area contributed by atoms with Crippen molar-refractivity contribution in [3.05, 3.63) is 36.4 Å². The Hall–Kier alpha value is -2.26. The van der Waals surface area contributed by atoms with Gasteiger partial charge in [-0.3, -0.25) is 4.79 Å². The Morgan fingerprint density at radius 3 is 3.05 bits per heavy atom. The summed E-state index contributed by atoms with van der Waals surface area (Å²) in [6.45, 7) is 4.20. The molecule has 0 aliphatic carbocycles. The first-order valence-corrected chi connectivity index (χ1v) is 6.50. The number of hydrogen-bond donors (Lipinski definition) is 1. The van der Waals surface area contributed by atoms with Gasteiger partial charge in [0.15, 0.2) is 5.16 Å². The van der Waals surface area contributed by atoms with Gasteiger partial charge in [0.05, 0.1) is 28.4 Å². The number of allylic oxidation sites excluding steroid dienone is 1. The summed E-state index contributed by atoms with van der Waals surface area (Å²) in [5.74, 6) is -0.939. The molecule has 6 heteroatoms. The Morgan fingerprint density at radius 1 is 1.63 bits per heavy atom. The maximum Gasteiger partial charge on any atom is 0.313 e. The fourth-order valence-electron chi connectivity index (χ4n) is 1.71. The van der Waals surface area contributed by atoms with Crippen LogP contribution in [0.5, 0.6) is 0 Å². The Morgan fingerprint density at radius 2 is 2.42 bits per heavy atom. The van der Waals surface area contributed by atoms with Gasteiger partial charge in [0.1, 0.15) is 0 Å². The number of fused-ring (bicyclic) bond motifs is 1. The van der Waals surface area contributed by atoms with E-state index < -0.39 is 5.97 Å². The van der Waals surface area contributed by atoms with Crippen LogP contribution in [0.2, 0.25) is 0 Å². The second-order valence-electron chi connectivity index (χ2n) is 3.79. The average molecular weight is 273 g/mol. The third kappa shape index (κ3) is 2.77. The predicted molar refractivity (Wildman–Crippen MR) is 73.0 cm³/mol. The van der Waals surface area contributed by atoms with Crippen molar-refractivity contribution >= 4 is 28.8 Å². The molecule has 2 aromatic rings. The summed E-state index contributed by atoms with van der Waals surface area (Å²) in [6.07, 6.45) is 1.71. The third-order valence-electron chi connectivity index (χ3n) is 2.48. The molecular formula is C13H11N3O2S. The average Bonchev–Trinajstić information content (AvgIpc) is 2.74. The standard InChI is InChI=1S/C13H11N3O2S/c1-2-5-16-11-6-9(7-14)3-4-10(11)15-13(16)19-8-12(17)18/h2-4,6H,1,5,8H2,(H,17,18). The maximum atomic E-state index is 10.6. The molecule has 0 atom stereocenters. The lowest BCUT2D eigenvalue weighted by Crippen LogP contribution is -2.02. The number of benzene rings is 1. The molecule has 0 unspecified atom stereocenters. The van der Waals surface area contributed by atoms with Crippen molar-refractivity contribution < 1.29 is 9.90 Å². The molecule has 0 bridgehead atoms. The summed E-state index contributed by atoms with van der Waals surface area (Å²) in [5.41, 5.74) is 2.10. The minimum absolute atomic E-state index is 0.0500. The van der Waals surface area contributed by atoms with E-state index in [2.05, 4.69) is 17.6 Å². The van der Waals surface area contributed by atoms with Crippen molar-refractivity contribution in [1.82, 2.24) is 9.55 Å². The fraction of sp³-hybridized carbons (Fsp3) is 0.154. The van der Waals surface area contributed by atoms with Gasteiger partial charge in [-0.05, 0) is 18.2 Å². The number of carboxylic acids is 1. The van der Waals surface area contributed by atoms with Crippen LogP contribution in [0.15, 0.2) is 36.0 Å². The molecule has 0 spiro atoms. The largest absolute Gasteiger partial charge is 0.481 e. The summed E-state index contributed by atoms with van der Waals surface area (Å²) in [4.78, 5) is 15.0. The molecular weight excluding hydrogens is 262 g/mol. The van der Waals surface area contributed by atoms with E-state index in [9.17, 15) is 4.79 Å². The molecule has 1 aromatic heterocycles. The van der Waals surface area contributed by atoms with Crippen LogP contribution in [0.25, 0.3) is 11.0 Å². The number of aliphatic carboxylic acids is 1. The van der Waals surface area contributed by atoms with Crippen LogP contribution in [0, 0.1) is 11.3 Å². The van der Waals surface area contributed by atoms with Crippen LogP contribution in [-0.2, 0) is 11.3 Å². The number of carbonyl (C=O) groups is 1. The third-order valence-corrected chi connectivity index (χ3v) is 3.44. The number of nitriles is 1. The maximum absolute atomic E-state index is 10.6. The van der Waals surface area contributed by atoms with E-state index in [-0.39, 0.29) is 5.75 Å². The van der Waals surface area contributed by atoms with Crippen LogP contribution in [0.4, 0.5) is 0 Å². The van der Waals surface area contributed by atoms with Crippen molar-refractivity contribution in [2.24, 2.45) is 0 Å². The van der Waals surface area contributed by atoms with Gasteiger partial charge in [-0.2, -0.15) is 5.26 Å². The van der Waals surface area contributed by atoms with Crippen LogP contribution >= 0.6 is 11.8 Å². The van der Waals surface area contributed by atoms with Crippen LogP contribution in [0.1, 0.15) is 5.56 Å². The van der Waals surface area contributed by atoms with E-state index in [0.29, 0.717) is 17.3 Å². The molecule has 0 amide bonds. The van der Waals surface area contributed by atoms with Gasteiger partial charge < -0.3 is 9.67 Å². The second kappa shape index (κ2) is 5.59. The Labute approximate surface area is 114 Å². The van der Waals surface area contributed by atoms with E-state index >= 15 is 0 Å².